The van der Waals surface area contributed by atoms with Crippen LogP contribution in [0.15, 0.2) is 18.2 Å². The lowest BCUT2D eigenvalue weighted by molar-refractivity contribution is 0.0952. The molecule has 94 valence electrons. The van der Waals surface area contributed by atoms with E-state index in [0.717, 1.165) is 5.56 Å². The maximum atomic E-state index is 11.8. The Kier molecular flexibility index (Phi) is 5.00. The van der Waals surface area contributed by atoms with Crippen molar-refractivity contribution in [2.75, 3.05) is 6.54 Å². The zero-order valence-corrected chi connectivity index (χ0v) is 11.9. The Labute approximate surface area is 110 Å². The molecule has 1 aromatic carbocycles. The Morgan fingerprint density at radius 3 is 2.65 bits per heavy atom. The van der Waals surface area contributed by atoms with E-state index in [1.165, 1.54) is 6.07 Å². The van der Waals surface area contributed by atoms with Crippen LogP contribution in [0.4, 0.5) is 0 Å². The fraction of sp³-hybridized carbons (Fsp3) is 0.462. The smallest absolute Gasteiger partial charge is 0.251 e. The molecule has 0 saturated heterocycles. The van der Waals surface area contributed by atoms with Crippen LogP contribution < -0.4 is 5.32 Å². The van der Waals surface area contributed by atoms with Gasteiger partial charge in [0.1, 0.15) is 5.75 Å². The average molecular weight is 300 g/mol. The van der Waals surface area contributed by atoms with E-state index in [9.17, 15) is 9.90 Å². The molecular weight excluding hydrogens is 282 g/mol. The SMILES string of the molecule is Cc1ccc(C(=O)NCC(Br)C(C)C)cc1O. The van der Waals surface area contributed by atoms with Gasteiger partial charge in [-0.2, -0.15) is 0 Å². The molecule has 1 unspecified atom stereocenters. The highest BCUT2D eigenvalue weighted by molar-refractivity contribution is 9.09. The predicted octanol–water partition coefficient (Wildman–Crippen LogP) is 2.85. The van der Waals surface area contributed by atoms with Gasteiger partial charge in [0.05, 0.1) is 0 Å². The first kappa shape index (κ1) is 14.0. The lowest BCUT2D eigenvalue weighted by Crippen LogP contribution is -2.31. The van der Waals surface area contributed by atoms with Gasteiger partial charge >= 0.3 is 0 Å². The molecule has 1 rings (SSSR count). The van der Waals surface area contributed by atoms with Crippen molar-refractivity contribution in [3.8, 4) is 5.75 Å². The van der Waals surface area contributed by atoms with Crippen LogP contribution in [0.5, 0.6) is 5.75 Å². The molecule has 17 heavy (non-hydrogen) atoms. The summed E-state index contributed by atoms with van der Waals surface area (Å²) in [6.45, 7) is 6.54. The van der Waals surface area contributed by atoms with E-state index in [1.807, 2.05) is 0 Å². The van der Waals surface area contributed by atoms with Crippen molar-refractivity contribution in [1.82, 2.24) is 5.32 Å². The van der Waals surface area contributed by atoms with Gasteiger partial charge in [-0.3, -0.25) is 4.79 Å². The van der Waals surface area contributed by atoms with E-state index in [4.69, 9.17) is 0 Å². The minimum atomic E-state index is -0.162. The molecule has 0 heterocycles. The number of halogens is 1. The van der Waals surface area contributed by atoms with Gasteiger partial charge in [-0.25, -0.2) is 0 Å². The monoisotopic (exact) mass is 299 g/mol. The molecule has 0 aliphatic carbocycles. The average Bonchev–Trinajstić information content (AvgIpc) is 2.28. The Balaban J connectivity index is 2.61. The third-order valence-corrected chi connectivity index (χ3v) is 4.03. The Hall–Kier alpha value is -1.03. The fourth-order valence-corrected chi connectivity index (χ4v) is 1.44. The predicted molar refractivity (Wildman–Crippen MR) is 72.7 cm³/mol. The van der Waals surface area contributed by atoms with Crippen LogP contribution in [0, 0.1) is 12.8 Å². The van der Waals surface area contributed by atoms with E-state index in [-0.39, 0.29) is 16.5 Å². The molecule has 4 heteroatoms. The first-order valence-electron chi connectivity index (χ1n) is 5.63. The molecule has 0 spiro atoms. The number of nitrogens with one attached hydrogen (secondary N) is 1. The van der Waals surface area contributed by atoms with Gasteiger partial charge in [0, 0.05) is 16.9 Å². The summed E-state index contributed by atoms with van der Waals surface area (Å²) in [6, 6.07) is 4.94. The second-order valence-electron chi connectivity index (χ2n) is 4.47. The zero-order valence-electron chi connectivity index (χ0n) is 10.3. The zero-order chi connectivity index (χ0) is 13.0. The van der Waals surface area contributed by atoms with Gasteiger partial charge in [0.15, 0.2) is 0 Å². The highest BCUT2D eigenvalue weighted by atomic mass is 79.9. The summed E-state index contributed by atoms with van der Waals surface area (Å²) in [5.41, 5.74) is 1.25. The van der Waals surface area contributed by atoms with Crippen molar-refractivity contribution < 1.29 is 9.90 Å². The second-order valence-corrected chi connectivity index (χ2v) is 5.65. The largest absolute Gasteiger partial charge is 0.508 e. The van der Waals surface area contributed by atoms with E-state index >= 15 is 0 Å². The molecule has 1 atom stereocenters. The van der Waals surface area contributed by atoms with Crippen LogP contribution in [0.25, 0.3) is 0 Å². The van der Waals surface area contributed by atoms with E-state index < -0.39 is 0 Å². The number of aryl methyl sites for hydroxylation is 1. The molecule has 0 aliphatic heterocycles. The molecule has 3 nitrogen and oxygen atoms in total. The minimum Gasteiger partial charge on any atom is -0.508 e. The summed E-state index contributed by atoms with van der Waals surface area (Å²) in [5.74, 6) is 0.448. The second kappa shape index (κ2) is 6.05. The molecule has 0 bridgehead atoms. The Bertz CT molecular complexity index is 404. The number of hydrogen-bond acceptors (Lipinski definition) is 2. The first-order chi connectivity index (χ1) is 7.91. The third kappa shape index (κ3) is 4.04. The van der Waals surface area contributed by atoms with Crippen LogP contribution in [0.2, 0.25) is 0 Å². The molecule has 0 radical (unpaired) electrons. The maximum absolute atomic E-state index is 11.8. The summed E-state index contributed by atoms with van der Waals surface area (Å²) in [6.07, 6.45) is 0. The topological polar surface area (TPSA) is 49.3 Å². The standard InChI is InChI=1S/C13H18BrNO2/c1-8(2)11(14)7-15-13(17)10-5-4-9(3)12(16)6-10/h4-6,8,11,16H,7H2,1-3H3,(H,15,17). The van der Waals surface area contributed by atoms with Crippen molar-refractivity contribution in [3.05, 3.63) is 29.3 Å². The van der Waals surface area contributed by atoms with Crippen LogP contribution >= 0.6 is 15.9 Å². The number of carbonyl (C=O) groups excluding carboxylic acids is 1. The Morgan fingerprint density at radius 2 is 2.12 bits per heavy atom. The fourth-order valence-electron chi connectivity index (χ4n) is 1.28. The van der Waals surface area contributed by atoms with Crippen molar-refractivity contribution in [2.24, 2.45) is 5.92 Å². The molecule has 1 amide bonds. The summed E-state index contributed by atoms with van der Waals surface area (Å²) in [7, 11) is 0. The summed E-state index contributed by atoms with van der Waals surface area (Å²) in [4.78, 5) is 12.0. The minimum absolute atomic E-state index is 0.150. The number of aromatic hydroxyl groups is 1. The van der Waals surface area contributed by atoms with Crippen molar-refractivity contribution >= 4 is 21.8 Å². The van der Waals surface area contributed by atoms with Crippen molar-refractivity contribution in [2.45, 2.75) is 25.6 Å². The number of amides is 1. The maximum Gasteiger partial charge on any atom is 0.251 e. The van der Waals surface area contributed by atoms with Gasteiger partial charge in [0.25, 0.3) is 5.91 Å². The Morgan fingerprint density at radius 1 is 1.47 bits per heavy atom. The molecular formula is C13H18BrNO2. The number of hydrogen-bond donors (Lipinski definition) is 2. The quantitative estimate of drug-likeness (QED) is 0.840. The van der Waals surface area contributed by atoms with Crippen LogP contribution in [0.3, 0.4) is 0 Å². The molecule has 0 aromatic heterocycles. The number of alkyl halides is 1. The molecule has 1 aromatic rings. The van der Waals surface area contributed by atoms with Crippen LogP contribution in [-0.4, -0.2) is 22.4 Å². The molecule has 0 saturated carbocycles. The van der Waals surface area contributed by atoms with Gasteiger partial charge in [-0.15, -0.1) is 0 Å². The number of phenols is 1. The van der Waals surface area contributed by atoms with Gasteiger partial charge in [0.2, 0.25) is 0 Å². The first-order valence-corrected chi connectivity index (χ1v) is 6.55. The highest BCUT2D eigenvalue weighted by Gasteiger charge is 2.12. The normalized spacial score (nSPS) is 12.5. The van der Waals surface area contributed by atoms with Gasteiger partial charge in [-0.05, 0) is 30.5 Å². The van der Waals surface area contributed by atoms with E-state index in [0.29, 0.717) is 18.0 Å². The lowest BCUT2D eigenvalue weighted by atomic mass is 10.1. The summed E-state index contributed by atoms with van der Waals surface area (Å²) in [5, 5.41) is 12.4. The summed E-state index contributed by atoms with van der Waals surface area (Å²) < 4.78 is 0. The number of benzene rings is 1. The summed E-state index contributed by atoms with van der Waals surface area (Å²) >= 11 is 3.51. The highest BCUT2D eigenvalue weighted by Crippen LogP contribution is 2.17. The van der Waals surface area contributed by atoms with E-state index in [2.05, 4.69) is 35.1 Å². The number of rotatable bonds is 4. The molecule has 2 N–H and O–H groups in total. The van der Waals surface area contributed by atoms with Crippen LogP contribution in [0.1, 0.15) is 29.8 Å². The number of carbonyl (C=O) groups is 1. The molecule has 0 aliphatic rings. The van der Waals surface area contributed by atoms with Crippen LogP contribution in [-0.2, 0) is 0 Å². The number of phenolic OH excluding ortho intramolecular Hbond substituents is 1. The van der Waals surface area contributed by atoms with Crippen molar-refractivity contribution in [1.29, 1.82) is 0 Å². The van der Waals surface area contributed by atoms with E-state index in [1.54, 1.807) is 19.1 Å². The van der Waals surface area contributed by atoms with Gasteiger partial charge < -0.3 is 10.4 Å². The van der Waals surface area contributed by atoms with Crippen molar-refractivity contribution in [3.63, 3.8) is 0 Å². The molecule has 0 fully saturated rings. The third-order valence-electron chi connectivity index (χ3n) is 2.65. The van der Waals surface area contributed by atoms with Gasteiger partial charge in [-0.1, -0.05) is 35.8 Å². The lowest BCUT2D eigenvalue weighted by Gasteiger charge is -2.14.